The molecule has 0 aliphatic heterocycles. The van der Waals surface area contributed by atoms with Crippen LogP contribution >= 0.6 is 11.8 Å². The highest BCUT2D eigenvalue weighted by Crippen LogP contribution is 2.37. The number of nitrogens with one attached hydrogen (secondary N) is 4. The van der Waals surface area contributed by atoms with E-state index in [0.717, 1.165) is 21.4 Å². The first kappa shape index (κ1) is 33.6. The Balaban J connectivity index is 1.24. The lowest BCUT2D eigenvalue weighted by Crippen LogP contribution is -2.30. The molecule has 0 aliphatic carbocycles. The van der Waals surface area contributed by atoms with E-state index in [-0.39, 0.29) is 11.6 Å². The minimum absolute atomic E-state index is 0.0182. The van der Waals surface area contributed by atoms with E-state index in [2.05, 4.69) is 20.9 Å². The molecule has 50 heavy (non-hydrogen) atoms. The van der Waals surface area contributed by atoms with Gasteiger partial charge in [-0.2, -0.15) is 0 Å². The number of benzene rings is 5. The Morgan fingerprint density at radius 2 is 1.46 bits per heavy atom. The van der Waals surface area contributed by atoms with Crippen LogP contribution in [0.25, 0.3) is 17.0 Å². The van der Waals surface area contributed by atoms with Gasteiger partial charge in [0, 0.05) is 33.5 Å². The summed E-state index contributed by atoms with van der Waals surface area (Å²) in [5, 5.41) is 9.20. The van der Waals surface area contributed by atoms with Crippen molar-refractivity contribution in [2.75, 3.05) is 24.9 Å². The number of fused-ring (bicyclic) bond motifs is 1. The fourth-order valence-electron chi connectivity index (χ4n) is 5.27. The number of amides is 3. The van der Waals surface area contributed by atoms with Crippen molar-refractivity contribution < 1.29 is 23.9 Å². The Kier molecular flexibility index (Phi) is 10.6. The molecular formula is C40H34N4O5S. The van der Waals surface area contributed by atoms with E-state index in [4.69, 9.17) is 9.47 Å². The molecular weight excluding hydrogens is 649 g/mol. The summed E-state index contributed by atoms with van der Waals surface area (Å²) in [6.45, 7) is 0. The van der Waals surface area contributed by atoms with Crippen molar-refractivity contribution in [3.63, 3.8) is 0 Å². The van der Waals surface area contributed by atoms with Crippen molar-refractivity contribution >= 4 is 57.8 Å². The van der Waals surface area contributed by atoms with E-state index in [0.29, 0.717) is 34.0 Å². The maximum atomic E-state index is 13.8. The minimum atomic E-state index is -0.591. The highest BCUT2D eigenvalue weighted by atomic mass is 32.2. The Bertz CT molecular complexity index is 2170. The van der Waals surface area contributed by atoms with Gasteiger partial charge in [-0.25, -0.2) is 0 Å². The highest BCUT2D eigenvalue weighted by Gasteiger charge is 2.23. The molecule has 250 valence electrons. The van der Waals surface area contributed by atoms with E-state index in [9.17, 15) is 14.4 Å². The lowest BCUT2D eigenvalue weighted by molar-refractivity contribution is -0.116. The molecule has 1 unspecified atom stereocenters. The molecule has 5 aromatic carbocycles. The Labute approximate surface area is 293 Å². The number of methoxy groups -OCH3 is 2. The lowest BCUT2D eigenvalue weighted by Gasteiger charge is -2.18. The standard InChI is InChI=1S/C40H34N4O5S/c1-48-35-19-16-26(23-36(35)49-2)22-34(44-38(45)29-12-7-4-8-13-29)39(46)42-30-14-9-15-32(24-30)50-37(28-10-5-3-6-11-28)40(47)43-31-18-17-27-20-21-41-33(27)25-31/h3-25,37,41H,1-2H3,(H,42,46)(H,43,47)(H,44,45)/b34-22+. The number of H-pyrrole nitrogens is 1. The average Bonchev–Trinajstić information content (AvgIpc) is 3.62. The van der Waals surface area contributed by atoms with Crippen LogP contribution in [0.2, 0.25) is 0 Å². The average molecular weight is 683 g/mol. The van der Waals surface area contributed by atoms with Gasteiger partial charge in [-0.3, -0.25) is 14.4 Å². The molecule has 10 heteroatoms. The van der Waals surface area contributed by atoms with Crippen LogP contribution in [0.1, 0.15) is 26.7 Å². The zero-order chi connectivity index (χ0) is 34.9. The van der Waals surface area contributed by atoms with Crippen LogP contribution in [-0.4, -0.2) is 36.9 Å². The SMILES string of the molecule is COc1ccc(/C=C(/NC(=O)c2ccccc2)C(=O)Nc2cccc(SC(C(=O)Nc3ccc4cc[nH]c4c3)c3ccccc3)c2)cc1OC. The number of thioether (sulfide) groups is 1. The summed E-state index contributed by atoms with van der Waals surface area (Å²) in [4.78, 5) is 44.6. The van der Waals surface area contributed by atoms with Crippen molar-refractivity contribution in [1.29, 1.82) is 0 Å². The summed E-state index contributed by atoms with van der Waals surface area (Å²) in [5.41, 5.74) is 3.94. The molecule has 0 saturated carbocycles. The van der Waals surface area contributed by atoms with Crippen LogP contribution in [0.15, 0.2) is 144 Å². The van der Waals surface area contributed by atoms with Crippen LogP contribution in [-0.2, 0) is 9.59 Å². The molecule has 0 fully saturated rings. The van der Waals surface area contributed by atoms with Gasteiger partial charge in [-0.05, 0) is 83.3 Å². The van der Waals surface area contributed by atoms with Crippen molar-refractivity contribution in [3.8, 4) is 11.5 Å². The van der Waals surface area contributed by atoms with E-state index in [1.807, 2.05) is 72.9 Å². The Morgan fingerprint density at radius 3 is 2.22 bits per heavy atom. The second kappa shape index (κ2) is 15.8. The smallest absolute Gasteiger partial charge is 0.272 e. The largest absolute Gasteiger partial charge is 0.493 e. The molecule has 9 nitrogen and oxygen atoms in total. The highest BCUT2D eigenvalue weighted by molar-refractivity contribution is 8.00. The van der Waals surface area contributed by atoms with Crippen LogP contribution in [0, 0.1) is 0 Å². The lowest BCUT2D eigenvalue weighted by atomic mass is 10.1. The van der Waals surface area contributed by atoms with Crippen LogP contribution in [0.4, 0.5) is 11.4 Å². The summed E-state index contributed by atoms with van der Waals surface area (Å²) in [6.07, 6.45) is 3.42. The predicted molar refractivity (Wildman–Crippen MR) is 198 cm³/mol. The topological polar surface area (TPSA) is 122 Å². The number of carbonyl (C=O) groups is 3. The first-order valence-corrected chi connectivity index (χ1v) is 16.6. The number of aromatic amines is 1. The Morgan fingerprint density at radius 1 is 0.720 bits per heavy atom. The molecule has 1 atom stereocenters. The summed E-state index contributed by atoms with van der Waals surface area (Å²) in [5.74, 6) is -0.165. The van der Waals surface area contributed by atoms with Gasteiger partial charge in [-0.15, -0.1) is 11.8 Å². The maximum absolute atomic E-state index is 13.8. The monoisotopic (exact) mass is 682 g/mol. The number of anilines is 2. The van der Waals surface area contributed by atoms with Crippen molar-refractivity contribution in [2.45, 2.75) is 10.1 Å². The van der Waals surface area contributed by atoms with Gasteiger partial charge in [0.15, 0.2) is 11.5 Å². The zero-order valence-corrected chi connectivity index (χ0v) is 28.1. The van der Waals surface area contributed by atoms with E-state index < -0.39 is 17.1 Å². The maximum Gasteiger partial charge on any atom is 0.272 e. The fourth-order valence-corrected chi connectivity index (χ4v) is 6.35. The summed E-state index contributed by atoms with van der Waals surface area (Å²) < 4.78 is 10.8. The first-order valence-electron chi connectivity index (χ1n) is 15.7. The minimum Gasteiger partial charge on any atom is -0.493 e. The third kappa shape index (κ3) is 8.23. The molecule has 1 heterocycles. The molecule has 0 spiro atoms. The quantitative estimate of drug-likeness (QED) is 0.0766. The van der Waals surface area contributed by atoms with E-state index >= 15 is 0 Å². The second-order valence-corrected chi connectivity index (χ2v) is 12.3. The molecule has 1 aromatic heterocycles. The van der Waals surface area contributed by atoms with Gasteiger partial charge in [0.25, 0.3) is 11.8 Å². The number of carbonyl (C=O) groups excluding carboxylic acids is 3. The molecule has 0 saturated heterocycles. The van der Waals surface area contributed by atoms with Gasteiger partial charge in [0.1, 0.15) is 10.9 Å². The molecule has 0 aliphatic rings. The molecule has 0 radical (unpaired) electrons. The molecule has 0 bridgehead atoms. The van der Waals surface area contributed by atoms with Gasteiger partial charge < -0.3 is 30.4 Å². The van der Waals surface area contributed by atoms with Crippen LogP contribution in [0.3, 0.4) is 0 Å². The van der Waals surface area contributed by atoms with Gasteiger partial charge in [0.2, 0.25) is 5.91 Å². The first-order chi connectivity index (χ1) is 24.4. The summed E-state index contributed by atoms with van der Waals surface area (Å²) >= 11 is 1.36. The van der Waals surface area contributed by atoms with Crippen LogP contribution in [0.5, 0.6) is 11.5 Å². The Hall–Kier alpha value is -6.26. The van der Waals surface area contributed by atoms with Crippen molar-refractivity contribution in [1.82, 2.24) is 10.3 Å². The van der Waals surface area contributed by atoms with Crippen LogP contribution < -0.4 is 25.4 Å². The third-order valence-corrected chi connectivity index (χ3v) is 9.00. The third-order valence-electron chi connectivity index (χ3n) is 7.76. The van der Waals surface area contributed by atoms with Crippen molar-refractivity contribution in [3.05, 3.63) is 156 Å². The van der Waals surface area contributed by atoms with Gasteiger partial charge >= 0.3 is 0 Å². The molecule has 6 rings (SSSR count). The van der Waals surface area contributed by atoms with E-state index in [1.165, 1.54) is 26.0 Å². The van der Waals surface area contributed by atoms with Gasteiger partial charge in [0.05, 0.1) is 14.2 Å². The number of hydrogen-bond donors (Lipinski definition) is 4. The second-order valence-electron chi connectivity index (χ2n) is 11.2. The zero-order valence-electron chi connectivity index (χ0n) is 27.3. The fraction of sp³-hybridized carbons (Fsp3) is 0.0750. The number of ether oxygens (including phenoxy) is 2. The number of rotatable bonds is 12. The van der Waals surface area contributed by atoms with E-state index in [1.54, 1.807) is 66.7 Å². The molecule has 3 amide bonds. The molecule has 6 aromatic rings. The van der Waals surface area contributed by atoms with Gasteiger partial charge in [-0.1, -0.05) is 66.7 Å². The summed E-state index contributed by atoms with van der Waals surface area (Å²) in [6, 6.07) is 38.3. The normalized spacial score (nSPS) is 11.8. The molecule has 4 N–H and O–H groups in total. The number of hydrogen-bond acceptors (Lipinski definition) is 6. The predicted octanol–water partition coefficient (Wildman–Crippen LogP) is 8.07. The van der Waals surface area contributed by atoms with Crippen molar-refractivity contribution in [2.24, 2.45) is 0 Å². The number of aromatic nitrogens is 1. The summed E-state index contributed by atoms with van der Waals surface area (Å²) in [7, 11) is 3.06.